The summed E-state index contributed by atoms with van der Waals surface area (Å²) in [5.74, 6) is 0.747. The standard InChI is InChI=1S/C18H20BrN5O2/c1-4-23-16(10-12(2)21-23)20-17(25)13(3)26-18-15(19)11-24(22-18)14-8-6-5-7-9-14/h5-11,13H,4H2,1-3H3,(H,20,25)/t13-/m1/s1. The molecule has 7 nitrogen and oxygen atoms in total. The Morgan fingerprint density at radius 3 is 2.73 bits per heavy atom. The number of hydrogen-bond donors (Lipinski definition) is 1. The number of anilines is 1. The van der Waals surface area contributed by atoms with Crippen LogP contribution in [0, 0.1) is 6.92 Å². The Balaban J connectivity index is 1.70. The number of halogens is 1. The van der Waals surface area contributed by atoms with Gasteiger partial charge in [-0.2, -0.15) is 5.10 Å². The van der Waals surface area contributed by atoms with E-state index in [0.717, 1.165) is 11.4 Å². The number of carbonyl (C=O) groups excluding carboxylic acids is 1. The summed E-state index contributed by atoms with van der Waals surface area (Å²) >= 11 is 3.43. The number of nitrogens with zero attached hydrogens (tertiary/aromatic N) is 4. The molecule has 26 heavy (non-hydrogen) atoms. The smallest absolute Gasteiger partial charge is 0.266 e. The van der Waals surface area contributed by atoms with E-state index >= 15 is 0 Å². The molecule has 3 rings (SSSR count). The highest BCUT2D eigenvalue weighted by Gasteiger charge is 2.20. The van der Waals surface area contributed by atoms with Gasteiger partial charge in [-0.25, -0.2) is 9.36 Å². The van der Waals surface area contributed by atoms with Crippen molar-refractivity contribution in [2.75, 3.05) is 5.32 Å². The molecule has 3 aromatic rings. The van der Waals surface area contributed by atoms with Crippen LogP contribution in [-0.2, 0) is 11.3 Å². The van der Waals surface area contributed by atoms with Gasteiger partial charge in [-0.1, -0.05) is 18.2 Å². The SMILES string of the molecule is CCn1nc(C)cc1NC(=O)[C@@H](C)Oc1nn(-c2ccccc2)cc1Br. The van der Waals surface area contributed by atoms with Gasteiger partial charge >= 0.3 is 0 Å². The third kappa shape index (κ3) is 3.96. The van der Waals surface area contributed by atoms with Crippen LogP contribution in [0.3, 0.4) is 0 Å². The van der Waals surface area contributed by atoms with Crippen molar-refractivity contribution in [3.63, 3.8) is 0 Å². The molecule has 0 fully saturated rings. The quantitative estimate of drug-likeness (QED) is 0.665. The maximum Gasteiger partial charge on any atom is 0.266 e. The molecule has 0 spiro atoms. The summed E-state index contributed by atoms with van der Waals surface area (Å²) < 4.78 is 9.85. The fraction of sp³-hybridized carbons (Fsp3) is 0.278. The van der Waals surface area contributed by atoms with Crippen LogP contribution >= 0.6 is 15.9 Å². The van der Waals surface area contributed by atoms with E-state index in [0.29, 0.717) is 22.7 Å². The van der Waals surface area contributed by atoms with Crippen LogP contribution in [0.25, 0.3) is 5.69 Å². The first-order valence-electron chi connectivity index (χ1n) is 8.30. The van der Waals surface area contributed by atoms with E-state index in [2.05, 4.69) is 31.4 Å². The van der Waals surface area contributed by atoms with Gasteiger partial charge in [-0.3, -0.25) is 4.79 Å². The van der Waals surface area contributed by atoms with Crippen LogP contribution in [-0.4, -0.2) is 31.6 Å². The Hall–Kier alpha value is -2.61. The molecule has 0 aliphatic rings. The second kappa shape index (κ2) is 7.74. The molecule has 0 saturated heterocycles. The Bertz CT molecular complexity index is 904. The van der Waals surface area contributed by atoms with Crippen molar-refractivity contribution in [3.05, 3.63) is 52.8 Å². The van der Waals surface area contributed by atoms with Crippen molar-refractivity contribution >= 4 is 27.7 Å². The molecule has 0 aliphatic heterocycles. The number of amides is 1. The summed E-state index contributed by atoms with van der Waals surface area (Å²) in [5.41, 5.74) is 1.75. The highest BCUT2D eigenvalue weighted by Crippen LogP contribution is 2.25. The van der Waals surface area contributed by atoms with Gasteiger partial charge < -0.3 is 10.1 Å². The molecule has 1 atom stereocenters. The third-order valence-electron chi connectivity index (χ3n) is 3.77. The summed E-state index contributed by atoms with van der Waals surface area (Å²) in [7, 11) is 0. The van der Waals surface area contributed by atoms with Crippen LogP contribution in [0.4, 0.5) is 5.82 Å². The second-order valence-corrected chi connectivity index (χ2v) is 6.65. The highest BCUT2D eigenvalue weighted by atomic mass is 79.9. The van der Waals surface area contributed by atoms with E-state index in [1.54, 1.807) is 22.5 Å². The molecule has 1 N–H and O–H groups in total. The molecular formula is C18H20BrN5O2. The second-order valence-electron chi connectivity index (χ2n) is 5.80. The van der Waals surface area contributed by atoms with Crippen LogP contribution in [0.5, 0.6) is 5.88 Å². The molecule has 0 saturated carbocycles. The zero-order valence-electron chi connectivity index (χ0n) is 14.8. The van der Waals surface area contributed by atoms with E-state index in [-0.39, 0.29) is 5.91 Å². The summed E-state index contributed by atoms with van der Waals surface area (Å²) in [5, 5.41) is 11.6. The number of hydrogen-bond acceptors (Lipinski definition) is 4. The Kier molecular flexibility index (Phi) is 5.41. The third-order valence-corrected chi connectivity index (χ3v) is 4.31. The van der Waals surface area contributed by atoms with Crippen molar-refractivity contribution in [3.8, 4) is 11.6 Å². The Morgan fingerprint density at radius 2 is 2.04 bits per heavy atom. The number of ether oxygens (including phenoxy) is 1. The predicted molar refractivity (Wildman–Crippen MR) is 103 cm³/mol. The highest BCUT2D eigenvalue weighted by molar-refractivity contribution is 9.10. The molecule has 0 unspecified atom stereocenters. The topological polar surface area (TPSA) is 74.0 Å². The van der Waals surface area contributed by atoms with E-state index in [1.807, 2.05) is 50.2 Å². The minimum Gasteiger partial charge on any atom is -0.463 e. The summed E-state index contributed by atoms with van der Waals surface area (Å²) in [4.78, 5) is 12.5. The Morgan fingerprint density at radius 1 is 1.31 bits per heavy atom. The van der Waals surface area contributed by atoms with Crippen molar-refractivity contribution in [1.82, 2.24) is 19.6 Å². The number of para-hydroxylation sites is 1. The van der Waals surface area contributed by atoms with E-state index < -0.39 is 6.10 Å². The zero-order valence-corrected chi connectivity index (χ0v) is 16.4. The van der Waals surface area contributed by atoms with E-state index in [4.69, 9.17) is 4.74 Å². The van der Waals surface area contributed by atoms with Gasteiger partial charge in [0.15, 0.2) is 6.10 Å². The number of benzene rings is 1. The molecule has 0 bridgehead atoms. The lowest BCUT2D eigenvalue weighted by molar-refractivity contribution is -0.122. The fourth-order valence-corrected chi connectivity index (χ4v) is 2.83. The van der Waals surface area contributed by atoms with Gasteiger partial charge in [0.25, 0.3) is 5.91 Å². The minimum atomic E-state index is -0.717. The average molecular weight is 418 g/mol. The Labute approximate surface area is 160 Å². The van der Waals surface area contributed by atoms with Gasteiger partial charge in [0.05, 0.1) is 15.9 Å². The zero-order chi connectivity index (χ0) is 18.7. The average Bonchev–Trinajstić information content (AvgIpc) is 3.18. The van der Waals surface area contributed by atoms with Crippen molar-refractivity contribution in [1.29, 1.82) is 0 Å². The molecule has 1 amide bonds. The first-order valence-corrected chi connectivity index (χ1v) is 9.09. The number of nitrogens with one attached hydrogen (secondary N) is 1. The first kappa shape index (κ1) is 18.2. The van der Waals surface area contributed by atoms with Crippen molar-refractivity contribution in [2.45, 2.75) is 33.4 Å². The normalized spacial score (nSPS) is 12.0. The summed E-state index contributed by atoms with van der Waals surface area (Å²) in [6, 6.07) is 11.5. The maximum absolute atomic E-state index is 12.5. The first-order chi connectivity index (χ1) is 12.5. The monoisotopic (exact) mass is 417 g/mol. The molecule has 0 radical (unpaired) electrons. The van der Waals surface area contributed by atoms with E-state index in [1.165, 1.54) is 0 Å². The van der Waals surface area contributed by atoms with Gasteiger partial charge in [-0.05, 0) is 48.8 Å². The van der Waals surface area contributed by atoms with Gasteiger partial charge in [-0.15, -0.1) is 5.10 Å². The summed E-state index contributed by atoms with van der Waals surface area (Å²) in [6.45, 7) is 6.21. The minimum absolute atomic E-state index is 0.263. The van der Waals surface area contributed by atoms with Crippen LogP contribution in [0.15, 0.2) is 47.1 Å². The molecular weight excluding hydrogens is 398 g/mol. The largest absolute Gasteiger partial charge is 0.463 e. The van der Waals surface area contributed by atoms with Crippen LogP contribution in [0.1, 0.15) is 19.5 Å². The number of carbonyl (C=O) groups is 1. The maximum atomic E-state index is 12.5. The lowest BCUT2D eigenvalue weighted by Crippen LogP contribution is -2.31. The molecule has 0 aliphatic carbocycles. The van der Waals surface area contributed by atoms with Gasteiger partial charge in [0.1, 0.15) is 5.82 Å². The summed E-state index contributed by atoms with van der Waals surface area (Å²) in [6.07, 6.45) is 1.08. The molecule has 2 heterocycles. The van der Waals surface area contributed by atoms with E-state index in [9.17, 15) is 4.79 Å². The molecule has 2 aromatic heterocycles. The number of rotatable bonds is 6. The molecule has 8 heteroatoms. The van der Waals surface area contributed by atoms with Crippen molar-refractivity contribution < 1.29 is 9.53 Å². The molecule has 136 valence electrons. The number of aryl methyl sites for hydroxylation is 2. The van der Waals surface area contributed by atoms with Crippen LogP contribution in [0.2, 0.25) is 0 Å². The lowest BCUT2D eigenvalue weighted by Gasteiger charge is -2.13. The van der Waals surface area contributed by atoms with Gasteiger partial charge in [0, 0.05) is 18.8 Å². The van der Waals surface area contributed by atoms with Crippen molar-refractivity contribution in [2.24, 2.45) is 0 Å². The van der Waals surface area contributed by atoms with Crippen LogP contribution < -0.4 is 10.1 Å². The number of aromatic nitrogens is 4. The predicted octanol–water partition coefficient (Wildman–Crippen LogP) is 3.57. The lowest BCUT2D eigenvalue weighted by atomic mass is 10.3. The fourth-order valence-electron chi connectivity index (χ4n) is 2.47. The molecule has 1 aromatic carbocycles. The van der Waals surface area contributed by atoms with Gasteiger partial charge in [0.2, 0.25) is 5.88 Å².